The van der Waals surface area contributed by atoms with Crippen molar-refractivity contribution in [2.75, 3.05) is 5.73 Å². The zero-order chi connectivity index (χ0) is 14.3. The van der Waals surface area contributed by atoms with Gasteiger partial charge in [0, 0.05) is 23.5 Å². The van der Waals surface area contributed by atoms with Gasteiger partial charge in [0.1, 0.15) is 16.5 Å². The summed E-state index contributed by atoms with van der Waals surface area (Å²) >= 11 is 1.43. The van der Waals surface area contributed by atoms with Crippen LogP contribution in [0.3, 0.4) is 0 Å². The van der Waals surface area contributed by atoms with E-state index in [1.807, 2.05) is 11.6 Å². The van der Waals surface area contributed by atoms with E-state index in [-0.39, 0.29) is 11.4 Å². The second kappa shape index (κ2) is 4.95. The first kappa shape index (κ1) is 13.2. The molecule has 8 heteroatoms. The predicted molar refractivity (Wildman–Crippen MR) is 74.0 cm³/mol. The topological polar surface area (TPSA) is 60.4 Å². The summed E-state index contributed by atoms with van der Waals surface area (Å²) < 4.78 is 41.2. The number of anilines is 1. The Morgan fingerprint density at radius 1 is 1.35 bits per heavy atom. The van der Waals surface area contributed by atoms with Gasteiger partial charge in [-0.15, -0.1) is 11.3 Å². The molecule has 104 valence electrons. The molecule has 2 aromatic heterocycles. The van der Waals surface area contributed by atoms with Crippen LogP contribution in [0.5, 0.6) is 0 Å². The van der Waals surface area contributed by atoms with Crippen molar-refractivity contribution in [3.05, 3.63) is 47.2 Å². The third-order valence-corrected chi connectivity index (χ3v) is 4.84. The van der Waals surface area contributed by atoms with Crippen LogP contribution in [-0.2, 0) is 16.6 Å². The summed E-state index contributed by atoms with van der Waals surface area (Å²) in [5, 5.41) is 1.86. The Balaban J connectivity index is 1.91. The number of benzene rings is 1. The lowest BCUT2D eigenvalue weighted by atomic mass is 10.3. The van der Waals surface area contributed by atoms with Gasteiger partial charge >= 0.3 is 0 Å². The van der Waals surface area contributed by atoms with Crippen molar-refractivity contribution in [2.24, 2.45) is 0 Å². The van der Waals surface area contributed by atoms with Crippen LogP contribution in [-0.4, -0.2) is 13.6 Å². The van der Waals surface area contributed by atoms with Gasteiger partial charge in [0.15, 0.2) is 4.96 Å². The third-order valence-electron chi connectivity index (χ3n) is 2.67. The first-order valence-electron chi connectivity index (χ1n) is 5.58. The molecule has 3 aromatic rings. The van der Waals surface area contributed by atoms with Gasteiger partial charge in [-0.2, -0.15) is 0 Å². The Hall–Kier alpha value is -1.80. The summed E-state index contributed by atoms with van der Waals surface area (Å²) in [6.45, 7) is 0. The van der Waals surface area contributed by atoms with Crippen LogP contribution in [0.25, 0.3) is 4.96 Å². The molecule has 2 heterocycles. The van der Waals surface area contributed by atoms with Crippen molar-refractivity contribution >= 4 is 32.8 Å². The summed E-state index contributed by atoms with van der Waals surface area (Å²) in [4.78, 5) is 4.52. The van der Waals surface area contributed by atoms with Crippen LogP contribution in [0.1, 0.15) is 5.69 Å². The molecule has 2 N–H and O–H groups in total. The van der Waals surface area contributed by atoms with Crippen LogP contribution in [0, 0.1) is 11.6 Å². The highest BCUT2D eigenvalue weighted by molar-refractivity contribution is 7.84. The summed E-state index contributed by atoms with van der Waals surface area (Å²) in [7, 11) is -1.85. The molecule has 0 spiro atoms. The number of nitrogens with zero attached hydrogens (tertiary/aromatic N) is 2. The zero-order valence-electron chi connectivity index (χ0n) is 10.0. The number of nitrogens with two attached hydrogens (primary N) is 1. The number of imidazole rings is 1. The highest BCUT2D eigenvalue weighted by Gasteiger charge is 2.18. The molecule has 0 fully saturated rings. The fraction of sp³-hybridized carbons (Fsp3) is 0.0833. The van der Waals surface area contributed by atoms with Gasteiger partial charge < -0.3 is 5.73 Å². The van der Waals surface area contributed by atoms with Crippen LogP contribution in [0.2, 0.25) is 0 Å². The second-order valence-corrected chi connectivity index (χ2v) is 6.39. The molecule has 0 radical (unpaired) electrons. The highest BCUT2D eigenvalue weighted by Crippen LogP contribution is 2.23. The number of hydrogen-bond acceptors (Lipinski definition) is 4. The Morgan fingerprint density at radius 2 is 2.05 bits per heavy atom. The molecule has 1 atom stereocenters. The Bertz CT molecular complexity index is 760. The van der Waals surface area contributed by atoms with E-state index in [9.17, 15) is 13.0 Å². The number of thiazole rings is 1. The average Bonchev–Trinajstić information content (AvgIpc) is 2.87. The Morgan fingerprint density at radius 3 is 2.70 bits per heavy atom. The maximum atomic E-state index is 13.7. The summed E-state index contributed by atoms with van der Waals surface area (Å²) in [6.07, 6.45) is 3.50. The molecule has 4 nitrogen and oxygen atoms in total. The number of nitrogen functional groups attached to an aromatic ring is 1. The van der Waals surface area contributed by atoms with E-state index in [1.54, 1.807) is 10.6 Å². The minimum absolute atomic E-state index is 0.0387. The third kappa shape index (κ3) is 2.32. The molecule has 3 rings (SSSR count). The zero-order valence-corrected chi connectivity index (χ0v) is 11.7. The molecule has 0 aliphatic carbocycles. The molecule has 20 heavy (non-hydrogen) atoms. The molecule has 0 bridgehead atoms. The first-order valence-corrected chi connectivity index (χ1v) is 7.78. The fourth-order valence-electron chi connectivity index (χ4n) is 1.85. The molecule has 0 amide bonds. The average molecular weight is 313 g/mol. The maximum Gasteiger partial charge on any atom is 0.193 e. The number of fused-ring (bicyclic) bond motifs is 1. The second-order valence-electron chi connectivity index (χ2n) is 4.13. The van der Waals surface area contributed by atoms with E-state index in [0.29, 0.717) is 5.69 Å². The summed E-state index contributed by atoms with van der Waals surface area (Å²) in [5.74, 6) is -1.85. The van der Waals surface area contributed by atoms with Crippen LogP contribution < -0.4 is 5.73 Å². The van der Waals surface area contributed by atoms with Crippen LogP contribution in [0.15, 0.2) is 34.8 Å². The molecular formula is C12H9F2N3OS2. The monoisotopic (exact) mass is 313 g/mol. The molecule has 0 aliphatic heterocycles. The number of rotatable bonds is 3. The highest BCUT2D eigenvalue weighted by atomic mass is 32.2. The van der Waals surface area contributed by atoms with Gasteiger partial charge in [0.25, 0.3) is 0 Å². The number of hydrogen-bond donors (Lipinski definition) is 1. The van der Waals surface area contributed by atoms with Crippen molar-refractivity contribution in [3.8, 4) is 0 Å². The summed E-state index contributed by atoms with van der Waals surface area (Å²) in [5.41, 5.74) is 5.81. The minimum Gasteiger partial charge on any atom is -0.399 e. The first-order chi connectivity index (χ1) is 9.54. The SMILES string of the molecule is Nc1cc(F)c(S(=O)Cc2cn3ccsc3n2)c(F)c1. The van der Waals surface area contributed by atoms with Gasteiger partial charge in [-0.3, -0.25) is 8.61 Å². The number of aromatic nitrogens is 2. The van der Waals surface area contributed by atoms with E-state index < -0.39 is 27.3 Å². The smallest absolute Gasteiger partial charge is 0.193 e. The van der Waals surface area contributed by atoms with E-state index in [4.69, 9.17) is 5.73 Å². The van der Waals surface area contributed by atoms with Crippen molar-refractivity contribution in [2.45, 2.75) is 10.6 Å². The van der Waals surface area contributed by atoms with Gasteiger partial charge in [0.05, 0.1) is 22.2 Å². The van der Waals surface area contributed by atoms with Crippen LogP contribution in [0.4, 0.5) is 14.5 Å². The largest absolute Gasteiger partial charge is 0.399 e. The van der Waals surface area contributed by atoms with E-state index in [2.05, 4.69) is 4.98 Å². The lowest BCUT2D eigenvalue weighted by molar-refractivity contribution is 0.535. The van der Waals surface area contributed by atoms with E-state index in [0.717, 1.165) is 17.1 Å². The minimum atomic E-state index is -1.85. The molecule has 0 aliphatic rings. The molecule has 1 unspecified atom stereocenters. The lowest BCUT2D eigenvalue weighted by Crippen LogP contribution is -2.04. The molecule has 1 aromatic carbocycles. The van der Waals surface area contributed by atoms with E-state index >= 15 is 0 Å². The molecule has 0 saturated carbocycles. The standard InChI is InChI=1S/C12H9F2N3OS2/c13-9-3-7(15)4-10(14)11(9)20(18)6-8-5-17-1-2-19-12(17)16-8/h1-5H,6,15H2. The summed E-state index contributed by atoms with van der Waals surface area (Å²) in [6, 6.07) is 1.92. The Labute approximate surface area is 119 Å². The quantitative estimate of drug-likeness (QED) is 0.756. The van der Waals surface area contributed by atoms with Gasteiger partial charge in [-0.25, -0.2) is 13.8 Å². The Kier molecular flexibility index (Phi) is 3.27. The lowest BCUT2D eigenvalue weighted by Gasteiger charge is -2.05. The molecule has 0 saturated heterocycles. The van der Waals surface area contributed by atoms with Crippen molar-refractivity contribution in [1.82, 2.24) is 9.38 Å². The fourth-order valence-corrected chi connectivity index (χ4v) is 3.67. The predicted octanol–water partition coefficient (Wildman–Crippen LogP) is 2.56. The van der Waals surface area contributed by atoms with Gasteiger partial charge in [-0.1, -0.05) is 0 Å². The van der Waals surface area contributed by atoms with Crippen LogP contribution >= 0.6 is 11.3 Å². The van der Waals surface area contributed by atoms with Crippen molar-refractivity contribution in [1.29, 1.82) is 0 Å². The van der Waals surface area contributed by atoms with E-state index in [1.165, 1.54) is 11.3 Å². The number of halogens is 2. The van der Waals surface area contributed by atoms with Gasteiger partial charge in [-0.05, 0) is 12.1 Å². The van der Waals surface area contributed by atoms with Crippen molar-refractivity contribution < 1.29 is 13.0 Å². The molecular weight excluding hydrogens is 304 g/mol. The van der Waals surface area contributed by atoms with Gasteiger partial charge in [0.2, 0.25) is 0 Å². The maximum absolute atomic E-state index is 13.7. The normalized spacial score (nSPS) is 12.9. The van der Waals surface area contributed by atoms with Crippen molar-refractivity contribution in [3.63, 3.8) is 0 Å².